The molecule has 0 saturated heterocycles. The predicted molar refractivity (Wildman–Crippen MR) is 80.8 cm³/mol. The van der Waals surface area contributed by atoms with Gasteiger partial charge in [-0.05, 0) is 36.6 Å². The average Bonchev–Trinajstić information content (AvgIpc) is 2.46. The number of methoxy groups -OCH3 is 1. The second-order valence-electron chi connectivity index (χ2n) is 4.72. The van der Waals surface area contributed by atoms with E-state index in [1.807, 2.05) is 6.07 Å². The Bertz CT molecular complexity index is 522. The lowest BCUT2D eigenvalue weighted by Gasteiger charge is -2.20. The summed E-state index contributed by atoms with van der Waals surface area (Å²) in [6.45, 7) is 4.26. The van der Waals surface area contributed by atoms with Crippen molar-refractivity contribution in [3.63, 3.8) is 0 Å². The van der Waals surface area contributed by atoms with Crippen LogP contribution in [0.4, 0.5) is 5.69 Å². The van der Waals surface area contributed by atoms with Gasteiger partial charge in [0.1, 0.15) is 5.75 Å². The summed E-state index contributed by atoms with van der Waals surface area (Å²) < 4.78 is 5.44. The Labute approximate surface area is 115 Å². The van der Waals surface area contributed by atoms with Crippen LogP contribution in [0.15, 0.2) is 48.5 Å². The van der Waals surface area contributed by atoms with Gasteiger partial charge in [0.2, 0.25) is 0 Å². The monoisotopic (exact) mass is 255 g/mol. The third-order valence-corrected chi connectivity index (χ3v) is 3.30. The maximum absolute atomic E-state index is 5.44. The molecule has 2 heteroatoms. The molecule has 0 saturated carbocycles. The van der Waals surface area contributed by atoms with Crippen LogP contribution in [0.3, 0.4) is 0 Å². The van der Waals surface area contributed by atoms with E-state index in [-0.39, 0.29) is 0 Å². The zero-order valence-electron chi connectivity index (χ0n) is 11.8. The first-order valence-corrected chi connectivity index (χ1v) is 6.70. The highest BCUT2D eigenvalue weighted by Gasteiger charge is 2.11. The fourth-order valence-corrected chi connectivity index (χ4v) is 2.21. The lowest BCUT2D eigenvalue weighted by atomic mass is 10.0. The molecule has 0 heterocycles. The molecule has 0 amide bonds. The quantitative estimate of drug-likeness (QED) is 0.845. The molecular weight excluding hydrogens is 234 g/mol. The minimum atomic E-state index is 0.304. The Morgan fingerprint density at radius 2 is 1.84 bits per heavy atom. The molecule has 1 unspecified atom stereocenters. The lowest BCUT2D eigenvalue weighted by molar-refractivity contribution is 0.415. The molecule has 0 fully saturated rings. The van der Waals surface area contributed by atoms with Crippen LogP contribution in [0.5, 0.6) is 5.75 Å². The second kappa shape index (κ2) is 6.28. The van der Waals surface area contributed by atoms with Gasteiger partial charge in [-0.3, -0.25) is 0 Å². The molecule has 1 atom stereocenters. The summed E-state index contributed by atoms with van der Waals surface area (Å²) in [7, 11) is 1.71. The number of benzene rings is 2. The molecule has 0 radical (unpaired) electrons. The van der Waals surface area contributed by atoms with Crippen LogP contribution < -0.4 is 10.1 Å². The highest BCUT2D eigenvalue weighted by molar-refractivity contribution is 5.58. The van der Waals surface area contributed by atoms with Crippen LogP contribution in [0.25, 0.3) is 0 Å². The van der Waals surface area contributed by atoms with E-state index in [4.69, 9.17) is 4.74 Å². The van der Waals surface area contributed by atoms with Crippen molar-refractivity contribution < 1.29 is 4.74 Å². The second-order valence-corrected chi connectivity index (χ2v) is 4.72. The maximum Gasteiger partial charge on any atom is 0.142 e. The van der Waals surface area contributed by atoms with Gasteiger partial charge in [-0.2, -0.15) is 0 Å². The van der Waals surface area contributed by atoms with E-state index in [1.54, 1.807) is 7.11 Å². The maximum atomic E-state index is 5.44. The predicted octanol–water partition coefficient (Wildman–Crippen LogP) is 4.57. The number of hydrogen-bond donors (Lipinski definition) is 1. The third kappa shape index (κ3) is 3.28. The van der Waals surface area contributed by atoms with Crippen molar-refractivity contribution in [2.45, 2.75) is 26.3 Å². The molecule has 0 aliphatic heterocycles. The molecule has 1 N–H and O–H groups in total. The standard InChI is InChI=1S/C17H21NO/c1-4-15(14-8-6-5-7-9-14)18-16-11-10-13(2)12-17(16)19-3/h5-12,15,18H,4H2,1-3H3. The van der Waals surface area contributed by atoms with Crippen LogP contribution >= 0.6 is 0 Å². The normalized spacial score (nSPS) is 11.9. The van der Waals surface area contributed by atoms with Crippen molar-refractivity contribution in [1.82, 2.24) is 0 Å². The van der Waals surface area contributed by atoms with E-state index in [2.05, 4.69) is 61.6 Å². The average molecular weight is 255 g/mol. The van der Waals surface area contributed by atoms with Crippen molar-refractivity contribution in [3.05, 3.63) is 59.7 Å². The van der Waals surface area contributed by atoms with Gasteiger partial charge in [-0.1, -0.05) is 43.3 Å². The van der Waals surface area contributed by atoms with E-state index >= 15 is 0 Å². The van der Waals surface area contributed by atoms with Crippen LogP contribution in [0.1, 0.15) is 30.5 Å². The van der Waals surface area contributed by atoms with Crippen molar-refractivity contribution in [1.29, 1.82) is 0 Å². The van der Waals surface area contributed by atoms with Crippen LogP contribution in [0.2, 0.25) is 0 Å². The Morgan fingerprint density at radius 1 is 1.11 bits per heavy atom. The number of ether oxygens (including phenoxy) is 1. The van der Waals surface area contributed by atoms with Gasteiger partial charge < -0.3 is 10.1 Å². The summed E-state index contributed by atoms with van der Waals surface area (Å²) in [6.07, 6.45) is 1.03. The van der Waals surface area contributed by atoms with E-state index in [0.29, 0.717) is 6.04 Å². The van der Waals surface area contributed by atoms with E-state index < -0.39 is 0 Å². The minimum absolute atomic E-state index is 0.304. The molecule has 0 aliphatic carbocycles. The minimum Gasteiger partial charge on any atom is -0.495 e. The van der Waals surface area contributed by atoms with Gasteiger partial charge >= 0.3 is 0 Å². The third-order valence-electron chi connectivity index (χ3n) is 3.30. The van der Waals surface area contributed by atoms with Crippen LogP contribution in [0, 0.1) is 6.92 Å². The number of rotatable bonds is 5. The van der Waals surface area contributed by atoms with Crippen LogP contribution in [-0.2, 0) is 0 Å². The molecule has 0 aromatic heterocycles. The topological polar surface area (TPSA) is 21.3 Å². The zero-order chi connectivity index (χ0) is 13.7. The summed E-state index contributed by atoms with van der Waals surface area (Å²) in [4.78, 5) is 0. The van der Waals surface area contributed by atoms with E-state index in [9.17, 15) is 0 Å². The SMILES string of the molecule is CCC(Nc1ccc(C)cc1OC)c1ccccc1. The van der Waals surface area contributed by atoms with Gasteiger partial charge in [0, 0.05) is 0 Å². The largest absolute Gasteiger partial charge is 0.495 e. The molecule has 100 valence electrons. The smallest absolute Gasteiger partial charge is 0.142 e. The number of nitrogens with one attached hydrogen (secondary N) is 1. The van der Waals surface area contributed by atoms with Crippen molar-refractivity contribution >= 4 is 5.69 Å². The molecule has 0 spiro atoms. The first kappa shape index (κ1) is 13.5. The molecular formula is C17H21NO. The number of hydrogen-bond acceptors (Lipinski definition) is 2. The molecule has 2 nitrogen and oxygen atoms in total. The van der Waals surface area contributed by atoms with Crippen molar-refractivity contribution in [3.8, 4) is 5.75 Å². The fraction of sp³-hybridized carbons (Fsp3) is 0.294. The van der Waals surface area contributed by atoms with Gasteiger partial charge in [0.05, 0.1) is 18.8 Å². The summed E-state index contributed by atoms with van der Waals surface area (Å²) >= 11 is 0. The first-order valence-electron chi connectivity index (χ1n) is 6.70. The highest BCUT2D eigenvalue weighted by Crippen LogP contribution is 2.30. The Hall–Kier alpha value is -1.96. The summed E-state index contributed by atoms with van der Waals surface area (Å²) in [5.74, 6) is 0.898. The highest BCUT2D eigenvalue weighted by atomic mass is 16.5. The Balaban J connectivity index is 2.24. The van der Waals surface area contributed by atoms with Gasteiger partial charge in [0.15, 0.2) is 0 Å². The first-order chi connectivity index (χ1) is 9.24. The fourth-order valence-electron chi connectivity index (χ4n) is 2.21. The van der Waals surface area contributed by atoms with E-state index in [0.717, 1.165) is 17.9 Å². The molecule has 2 aromatic carbocycles. The summed E-state index contributed by atoms with van der Waals surface area (Å²) in [6, 6.07) is 17.0. The number of aryl methyl sites for hydroxylation is 1. The van der Waals surface area contributed by atoms with Crippen molar-refractivity contribution in [2.75, 3.05) is 12.4 Å². The Morgan fingerprint density at radius 3 is 2.47 bits per heavy atom. The Kier molecular flexibility index (Phi) is 4.45. The van der Waals surface area contributed by atoms with E-state index in [1.165, 1.54) is 11.1 Å². The molecule has 2 aromatic rings. The van der Waals surface area contributed by atoms with Gasteiger partial charge in [0.25, 0.3) is 0 Å². The zero-order valence-corrected chi connectivity index (χ0v) is 11.8. The van der Waals surface area contributed by atoms with Crippen molar-refractivity contribution in [2.24, 2.45) is 0 Å². The van der Waals surface area contributed by atoms with Gasteiger partial charge in [-0.15, -0.1) is 0 Å². The van der Waals surface area contributed by atoms with Crippen LogP contribution in [-0.4, -0.2) is 7.11 Å². The van der Waals surface area contributed by atoms with Gasteiger partial charge in [-0.25, -0.2) is 0 Å². The molecule has 2 rings (SSSR count). The lowest BCUT2D eigenvalue weighted by Crippen LogP contribution is -2.10. The molecule has 0 bridgehead atoms. The number of anilines is 1. The molecule has 0 aliphatic rings. The summed E-state index contributed by atoms with van der Waals surface area (Å²) in [5.41, 5.74) is 3.55. The summed E-state index contributed by atoms with van der Waals surface area (Å²) in [5, 5.41) is 3.57. The molecule has 19 heavy (non-hydrogen) atoms.